The van der Waals surface area contributed by atoms with Gasteiger partial charge in [0.15, 0.2) is 5.76 Å². The predicted octanol–water partition coefficient (Wildman–Crippen LogP) is 2.98. The van der Waals surface area contributed by atoms with Gasteiger partial charge in [0.05, 0.1) is 12.8 Å². The van der Waals surface area contributed by atoms with Gasteiger partial charge in [0, 0.05) is 18.2 Å². The highest BCUT2D eigenvalue weighted by Crippen LogP contribution is 2.30. The lowest BCUT2D eigenvalue weighted by Gasteiger charge is -2.12. The van der Waals surface area contributed by atoms with E-state index < -0.39 is 10.0 Å². The molecule has 1 aromatic heterocycles. The van der Waals surface area contributed by atoms with Gasteiger partial charge in [-0.05, 0) is 37.5 Å². The van der Waals surface area contributed by atoms with Crippen LogP contribution in [-0.2, 0) is 10.0 Å². The molecule has 0 bridgehead atoms. The molecule has 7 heteroatoms. The number of methoxy groups -OCH3 is 1. The monoisotopic (exact) mass is 338 g/mol. The molecule has 0 unspecified atom stereocenters. The average molecular weight is 338 g/mol. The Labute approximate surface area is 136 Å². The van der Waals surface area contributed by atoms with E-state index in [9.17, 15) is 8.42 Å². The molecule has 0 atom stereocenters. The molecule has 126 valence electrons. The number of benzene rings is 1. The Morgan fingerprint density at radius 2 is 2.04 bits per heavy atom. The number of hydrogen-bond donors (Lipinski definition) is 1. The Morgan fingerprint density at radius 1 is 1.30 bits per heavy atom. The number of nitrogens with zero attached hydrogens (tertiary/aromatic N) is 1. The molecule has 0 fully saturated rings. The Kier molecular flexibility index (Phi) is 5.43. The summed E-state index contributed by atoms with van der Waals surface area (Å²) in [6, 6.07) is 6.65. The summed E-state index contributed by atoms with van der Waals surface area (Å²) < 4.78 is 38.1. The molecule has 2 rings (SSSR count). The first-order valence-corrected chi connectivity index (χ1v) is 8.93. The van der Waals surface area contributed by atoms with Crippen molar-refractivity contribution in [3.05, 3.63) is 30.0 Å². The second-order valence-electron chi connectivity index (χ2n) is 5.78. The maximum atomic E-state index is 12.5. The third-order valence-corrected chi connectivity index (χ3v) is 4.86. The highest BCUT2D eigenvalue weighted by Gasteiger charge is 2.21. The fourth-order valence-corrected chi connectivity index (χ4v) is 3.34. The lowest BCUT2D eigenvalue weighted by molar-refractivity contribution is 0.402. The van der Waals surface area contributed by atoms with Gasteiger partial charge in [0.25, 0.3) is 0 Å². The van der Waals surface area contributed by atoms with Gasteiger partial charge in [0.2, 0.25) is 10.0 Å². The van der Waals surface area contributed by atoms with Gasteiger partial charge in [-0.25, -0.2) is 13.1 Å². The van der Waals surface area contributed by atoms with Crippen LogP contribution in [0.25, 0.3) is 11.3 Å². The van der Waals surface area contributed by atoms with Crippen molar-refractivity contribution in [3.8, 4) is 17.1 Å². The van der Waals surface area contributed by atoms with Gasteiger partial charge in [0.1, 0.15) is 10.6 Å². The van der Waals surface area contributed by atoms with Crippen LogP contribution in [-0.4, -0.2) is 27.2 Å². The number of aryl methyl sites for hydroxylation is 1. The molecular formula is C16H22N2O4S. The van der Waals surface area contributed by atoms with Crippen molar-refractivity contribution >= 4 is 10.0 Å². The quantitative estimate of drug-likeness (QED) is 0.839. The zero-order valence-electron chi connectivity index (χ0n) is 13.8. The van der Waals surface area contributed by atoms with E-state index in [4.69, 9.17) is 9.26 Å². The summed E-state index contributed by atoms with van der Waals surface area (Å²) >= 11 is 0. The van der Waals surface area contributed by atoms with E-state index in [1.165, 1.54) is 13.2 Å². The number of hydrogen-bond acceptors (Lipinski definition) is 5. The third-order valence-electron chi connectivity index (χ3n) is 3.38. The van der Waals surface area contributed by atoms with Crippen LogP contribution in [0.2, 0.25) is 0 Å². The van der Waals surface area contributed by atoms with E-state index in [-0.39, 0.29) is 4.90 Å². The normalized spacial score (nSPS) is 11.9. The molecule has 0 radical (unpaired) electrons. The zero-order valence-corrected chi connectivity index (χ0v) is 14.6. The first-order valence-electron chi connectivity index (χ1n) is 7.45. The SMILES string of the molecule is COc1ccc(-c2cc(C)no2)cc1S(=O)(=O)NCCC(C)C. The van der Waals surface area contributed by atoms with Crippen LogP contribution in [0.15, 0.2) is 33.7 Å². The Hall–Kier alpha value is -1.86. The topological polar surface area (TPSA) is 81.4 Å². The summed E-state index contributed by atoms with van der Waals surface area (Å²) in [5.41, 5.74) is 1.37. The van der Waals surface area contributed by atoms with E-state index in [1.54, 1.807) is 18.2 Å². The summed E-state index contributed by atoms with van der Waals surface area (Å²) in [6.45, 7) is 6.28. The van der Waals surface area contributed by atoms with Gasteiger partial charge in [-0.15, -0.1) is 0 Å². The molecule has 1 heterocycles. The minimum Gasteiger partial charge on any atom is -0.495 e. The van der Waals surface area contributed by atoms with E-state index in [0.29, 0.717) is 29.5 Å². The lowest BCUT2D eigenvalue weighted by atomic mass is 10.1. The summed E-state index contributed by atoms with van der Waals surface area (Å²) in [5, 5.41) is 3.83. The molecule has 1 aromatic carbocycles. The number of ether oxygens (including phenoxy) is 1. The van der Waals surface area contributed by atoms with Gasteiger partial charge >= 0.3 is 0 Å². The van der Waals surface area contributed by atoms with Crippen LogP contribution in [0.5, 0.6) is 5.75 Å². The standard InChI is InChI=1S/C16H22N2O4S/c1-11(2)7-8-17-23(19,20)16-10-13(5-6-14(16)21-4)15-9-12(3)18-22-15/h5-6,9-11,17H,7-8H2,1-4H3. The lowest BCUT2D eigenvalue weighted by Crippen LogP contribution is -2.26. The van der Waals surface area contributed by atoms with Crippen molar-refractivity contribution in [2.75, 3.05) is 13.7 Å². The number of rotatable bonds is 7. The fourth-order valence-electron chi connectivity index (χ4n) is 2.10. The number of sulfonamides is 1. The summed E-state index contributed by atoms with van der Waals surface area (Å²) in [4.78, 5) is 0.0929. The predicted molar refractivity (Wildman–Crippen MR) is 87.9 cm³/mol. The average Bonchev–Trinajstić information content (AvgIpc) is 2.92. The molecule has 1 N–H and O–H groups in total. The minimum absolute atomic E-state index is 0.0929. The smallest absolute Gasteiger partial charge is 0.244 e. The third kappa shape index (κ3) is 4.33. The van der Waals surface area contributed by atoms with Gasteiger partial charge in [-0.3, -0.25) is 0 Å². The van der Waals surface area contributed by atoms with Crippen molar-refractivity contribution in [2.24, 2.45) is 5.92 Å². The molecule has 23 heavy (non-hydrogen) atoms. The second kappa shape index (κ2) is 7.14. The minimum atomic E-state index is -3.66. The molecule has 0 amide bonds. The Morgan fingerprint density at radius 3 is 2.61 bits per heavy atom. The van der Waals surface area contributed by atoms with Crippen LogP contribution >= 0.6 is 0 Å². The molecule has 0 saturated heterocycles. The van der Waals surface area contributed by atoms with Crippen LogP contribution < -0.4 is 9.46 Å². The molecule has 0 spiro atoms. The van der Waals surface area contributed by atoms with Crippen molar-refractivity contribution in [2.45, 2.75) is 32.1 Å². The van der Waals surface area contributed by atoms with E-state index in [2.05, 4.69) is 9.88 Å². The summed E-state index contributed by atoms with van der Waals surface area (Å²) in [6.07, 6.45) is 0.766. The molecule has 0 aliphatic carbocycles. The van der Waals surface area contributed by atoms with Crippen molar-refractivity contribution < 1.29 is 17.7 Å². The molecule has 6 nitrogen and oxygen atoms in total. The van der Waals surface area contributed by atoms with Crippen LogP contribution in [0.1, 0.15) is 26.0 Å². The molecular weight excluding hydrogens is 316 g/mol. The van der Waals surface area contributed by atoms with Crippen molar-refractivity contribution in [3.63, 3.8) is 0 Å². The Balaban J connectivity index is 2.35. The second-order valence-corrected chi connectivity index (χ2v) is 7.51. The Bertz CT molecular complexity index is 766. The highest BCUT2D eigenvalue weighted by atomic mass is 32.2. The van der Waals surface area contributed by atoms with E-state index in [1.807, 2.05) is 20.8 Å². The molecule has 0 aliphatic heterocycles. The van der Waals surface area contributed by atoms with Gasteiger partial charge in [-0.1, -0.05) is 19.0 Å². The number of nitrogens with one attached hydrogen (secondary N) is 1. The van der Waals surface area contributed by atoms with Crippen molar-refractivity contribution in [1.29, 1.82) is 0 Å². The van der Waals surface area contributed by atoms with E-state index in [0.717, 1.165) is 12.1 Å². The summed E-state index contributed by atoms with van der Waals surface area (Å²) in [7, 11) is -2.21. The largest absolute Gasteiger partial charge is 0.495 e. The summed E-state index contributed by atoms with van der Waals surface area (Å²) in [5.74, 6) is 1.23. The van der Waals surface area contributed by atoms with Gasteiger partial charge in [-0.2, -0.15) is 0 Å². The first kappa shape index (κ1) is 17.5. The van der Waals surface area contributed by atoms with Crippen molar-refractivity contribution in [1.82, 2.24) is 9.88 Å². The molecule has 0 saturated carbocycles. The first-order chi connectivity index (χ1) is 10.8. The highest BCUT2D eigenvalue weighted by molar-refractivity contribution is 7.89. The van der Waals surface area contributed by atoms with Crippen LogP contribution in [0.4, 0.5) is 0 Å². The zero-order chi connectivity index (χ0) is 17.0. The fraction of sp³-hybridized carbons (Fsp3) is 0.438. The molecule has 0 aliphatic rings. The van der Waals surface area contributed by atoms with Gasteiger partial charge < -0.3 is 9.26 Å². The van der Waals surface area contributed by atoms with E-state index >= 15 is 0 Å². The number of aromatic nitrogens is 1. The molecule has 2 aromatic rings. The van der Waals surface area contributed by atoms with Crippen LogP contribution in [0, 0.1) is 12.8 Å². The van der Waals surface area contributed by atoms with Crippen LogP contribution in [0.3, 0.4) is 0 Å². The maximum absolute atomic E-state index is 12.5. The maximum Gasteiger partial charge on any atom is 0.244 e.